The molecule has 0 unspecified atom stereocenters. The number of carbonyl (C=O) groups is 3. The Morgan fingerprint density at radius 2 is 1.84 bits per heavy atom. The number of benzene rings is 1. The van der Waals surface area contributed by atoms with Gasteiger partial charge in [0.05, 0.1) is 20.1 Å². The first-order valence-corrected chi connectivity index (χ1v) is 10.9. The van der Waals surface area contributed by atoms with Crippen molar-refractivity contribution in [1.82, 2.24) is 9.80 Å². The van der Waals surface area contributed by atoms with Gasteiger partial charge in [-0.25, -0.2) is 0 Å². The van der Waals surface area contributed by atoms with Gasteiger partial charge in [0.1, 0.15) is 0 Å². The Kier molecular flexibility index (Phi) is 7.76. The predicted octanol–water partition coefficient (Wildman–Crippen LogP) is 2.20. The van der Waals surface area contributed by atoms with Crippen LogP contribution >= 0.6 is 0 Å². The number of hydrogen-bond acceptors (Lipinski definition) is 5. The molecule has 0 saturated carbocycles. The summed E-state index contributed by atoms with van der Waals surface area (Å²) in [5.74, 6) is 0.718. The molecule has 8 nitrogen and oxygen atoms in total. The highest BCUT2D eigenvalue weighted by Crippen LogP contribution is 2.29. The van der Waals surface area contributed by atoms with Gasteiger partial charge >= 0.3 is 5.97 Å². The highest BCUT2D eigenvalue weighted by atomic mass is 16.5. The third kappa shape index (κ3) is 5.89. The normalized spacial score (nSPS) is 19.5. The molecular formula is C23H32N2O6. The summed E-state index contributed by atoms with van der Waals surface area (Å²) >= 11 is 0. The van der Waals surface area contributed by atoms with Gasteiger partial charge in [-0.1, -0.05) is 6.07 Å². The zero-order chi connectivity index (χ0) is 22.4. The van der Waals surface area contributed by atoms with Gasteiger partial charge in [-0.05, 0) is 49.3 Å². The van der Waals surface area contributed by atoms with Crippen molar-refractivity contribution < 1.29 is 29.0 Å². The number of carboxylic acids is 1. The van der Waals surface area contributed by atoms with Crippen LogP contribution in [-0.2, 0) is 20.8 Å². The minimum absolute atomic E-state index is 0.0233. The van der Waals surface area contributed by atoms with Gasteiger partial charge in [0.25, 0.3) is 0 Å². The van der Waals surface area contributed by atoms with Crippen LogP contribution in [0, 0.1) is 11.8 Å². The third-order valence-electron chi connectivity index (χ3n) is 6.37. The summed E-state index contributed by atoms with van der Waals surface area (Å²) in [6.45, 7) is 2.33. The lowest BCUT2D eigenvalue weighted by Crippen LogP contribution is -2.42. The minimum atomic E-state index is -0.767. The molecule has 2 fully saturated rings. The third-order valence-corrected chi connectivity index (χ3v) is 6.37. The first-order valence-electron chi connectivity index (χ1n) is 10.9. The lowest BCUT2D eigenvalue weighted by Gasteiger charge is -2.33. The topological polar surface area (TPSA) is 96.4 Å². The molecule has 8 heteroatoms. The van der Waals surface area contributed by atoms with Crippen LogP contribution in [0.25, 0.3) is 0 Å². The maximum Gasteiger partial charge on any atom is 0.303 e. The molecule has 2 aliphatic heterocycles. The molecule has 2 aliphatic rings. The molecule has 2 heterocycles. The summed E-state index contributed by atoms with van der Waals surface area (Å²) in [5.41, 5.74) is 1.05. The average molecular weight is 433 g/mol. The molecular weight excluding hydrogens is 400 g/mol. The van der Waals surface area contributed by atoms with E-state index in [1.807, 2.05) is 23.1 Å². The Morgan fingerprint density at radius 1 is 1.13 bits per heavy atom. The van der Waals surface area contributed by atoms with Crippen molar-refractivity contribution >= 4 is 17.8 Å². The summed E-state index contributed by atoms with van der Waals surface area (Å²) in [7, 11) is 3.19. The Morgan fingerprint density at radius 3 is 2.48 bits per heavy atom. The van der Waals surface area contributed by atoms with Crippen LogP contribution in [0.3, 0.4) is 0 Å². The van der Waals surface area contributed by atoms with Gasteiger partial charge in [-0.15, -0.1) is 0 Å². The Bertz CT molecular complexity index is 803. The maximum atomic E-state index is 12.9. The van der Waals surface area contributed by atoms with Crippen LogP contribution in [0.4, 0.5) is 0 Å². The quantitative estimate of drug-likeness (QED) is 0.643. The van der Waals surface area contributed by atoms with Crippen LogP contribution in [0.5, 0.6) is 11.5 Å². The van der Waals surface area contributed by atoms with Crippen molar-refractivity contribution in [2.24, 2.45) is 11.8 Å². The number of piperidine rings is 1. The van der Waals surface area contributed by atoms with Crippen molar-refractivity contribution in [3.63, 3.8) is 0 Å². The van der Waals surface area contributed by atoms with Gasteiger partial charge in [0.2, 0.25) is 11.8 Å². The van der Waals surface area contributed by atoms with Gasteiger partial charge in [0, 0.05) is 39.0 Å². The standard InChI is InChI=1S/C23H32N2O6/c1-30-19-5-3-17(13-20(19)31-2)9-12-25-15-18(14-21(25)26)23(29)24-10-7-16(8-11-24)4-6-22(27)28/h3,5,13,16,18H,4,6-12,14-15H2,1-2H3,(H,27,28)/t18-/m1/s1. The maximum absolute atomic E-state index is 12.9. The van der Waals surface area contributed by atoms with Crippen molar-refractivity contribution in [2.75, 3.05) is 40.4 Å². The number of amides is 2. The van der Waals surface area contributed by atoms with E-state index < -0.39 is 5.97 Å². The fourth-order valence-electron chi connectivity index (χ4n) is 4.48. The molecule has 3 rings (SSSR count). The first-order chi connectivity index (χ1) is 14.9. The van der Waals surface area contributed by atoms with Gasteiger partial charge in [0.15, 0.2) is 11.5 Å². The SMILES string of the molecule is COc1ccc(CCN2C[C@H](C(=O)N3CCC(CCC(=O)O)CC3)CC2=O)cc1OC. The molecule has 1 N–H and O–H groups in total. The number of carbonyl (C=O) groups excluding carboxylic acids is 2. The summed E-state index contributed by atoms with van der Waals surface area (Å²) in [6.07, 6.45) is 3.48. The number of hydrogen-bond donors (Lipinski definition) is 1. The van der Waals surface area contributed by atoms with Crippen LogP contribution in [-0.4, -0.2) is 73.1 Å². The van der Waals surface area contributed by atoms with Gasteiger partial charge in [-0.3, -0.25) is 14.4 Å². The molecule has 0 radical (unpaired) electrons. The van der Waals surface area contributed by atoms with Gasteiger partial charge < -0.3 is 24.4 Å². The van der Waals surface area contributed by atoms with Crippen LogP contribution < -0.4 is 9.47 Å². The zero-order valence-electron chi connectivity index (χ0n) is 18.3. The number of aliphatic carboxylic acids is 1. The molecule has 1 aromatic rings. The van der Waals surface area contributed by atoms with E-state index in [4.69, 9.17) is 14.6 Å². The number of carboxylic acid groups (broad SMARTS) is 1. The summed E-state index contributed by atoms with van der Waals surface area (Å²) in [5, 5.41) is 8.83. The number of methoxy groups -OCH3 is 2. The van der Waals surface area contributed by atoms with Crippen molar-refractivity contribution in [3.05, 3.63) is 23.8 Å². The second-order valence-corrected chi connectivity index (χ2v) is 8.38. The summed E-state index contributed by atoms with van der Waals surface area (Å²) < 4.78 is 10.6. The molecule has 2 saturated heterocycles. The fraction of sp³-hybridized carbons (Fsp3) is 0.609. The van der Waals surface area contributed by atoms with E-state index in [-0.39, 0.29) is 30.6 Å². The van der Waals surface area contributed by atoms with E-state index in [1.54, 1.807) is 19.1 Å². The lowest BCUT2D eigenvalue weighted by atomic mass is 9.91. The van der Waals surface area contributed by atoms with E-state index in [0.717, 1.165) is 18.4 Å². The number of ether oxygens (including phenoxy) is 2. The second-order valence-electron chi connectivity index (χ2n) is 8.38. The van der Waals surface area contributed by atoms with E-state index >= 15 is 0 Å². The summed E-state index contributed by atoms with van der Waals surface area (Å²) in [6, 6.07) is 5.72. The van der Waals surface area contributed by atoms with Crippen molar-refractivity contribution in [1.29, 1.82) is 0 Å². The number of likely N-dealkylation sites (tertiary alicyclic amines) is 2. The molecule has 1 aromatic carbocycles. The van der Waals surface area contributed by atoms with Crippen molar-refractivity contribution in [2.45, 2.75) is 38.5 Å². The van der Waals surface area contributed by atoms with Crippen LogP contribution in [0.1, 0.15) is 37.7 Å². The molecule has 2 amide bonds. The largest absolute Gasteiger partial charge is 0.493 e. The smallest absolute Gasteiger partial charge is 0.303 e. The van der Waals surface area contributed by atoms with Gasteiger partial charge in [-0.2, -0.15) is 0 Å². The predicted molar refractivity (Wildman–Crippen MR) is 114 cm³/mol. The number of rotatable bonds is 9. The Hall–Kier alpha value is -2.77. The zero-order valence-corrected chi connectivity index (χ0v) is 18.3. The van der Waals surface area contributed by atoms with E-state index in [9.17, 15) is 14.4 Å². The molecule has 0 bridgehead atoms. The highest BCUT2D eigenvalue weighted by Gasteiger charge is 2.37. The van der Waals surface area contributed by atoms with E-state index in [2.05, 4.69) is 0 Å². The average Bonchev–Trinajstić information content (AvgIpc) is 3.16. The highest BCUT2D eigenvalue weighted by molar-refractivity contribution is 5.89. The molecule has 0 aromatic heterocycles. The van der Waals surface area contributed by atoms with E-state index in [1.165, 1.54) is 0 Å². The minimum Gasteiger partial charge on any atom is -0.493 e. The Balaban J connectivity index is 1.48. The lowest BCUT2D eigenvalue weighted by molar-refractivity contribution is -0.139. The van der Waals surface area contributed by atoms with E-state index in [0.29, 0.717) is 56.4 Å². The molecule has 31 heavy (non-hydrogen) atoms. The number of nitrogens with zero attached hydrogens (tertiary/aromatic N) is 2. The van der Waals surface area contributed by atoms with Crippen LogP contribution in [0.15, 0.2) is 18.2 Å². The first kappa shape index (κ1) is 22.9. The molecule has 0 aliphatic carbocycles. The fourth-order valence-corrected chi connectivity index (χ4v) is 4.48. The summed E-state index contributed by atoms with van der Waals surface area (Å²) in [4.78, 5) is 39.8. The Labute approximate surface area is 183 Å². The second kappa shape index (κ2) is 10.5. The van der Waals surface area contributed by atoms with Crippen molar-refractivity contribution in [3.8, 4) is 11.5 Å². The molecule has 1 atom stereocenters. The molecule has 170 valence electrons. The monoisotopic (exact) mass is 432 g/mol. The van der Waals surface area contributed by atoms with Crippen LogP contribution in [0.2, 0.25) is 0 Å². The molecule has 0 spiro atoms.